The van der Waals surface area contributed by atoms with Gasteiger partial charge in [0.2, 0.25) is 5.76 Å². The van der Waals surface area contributed by atoms with Gasteiger partial charge in [-0.3, -0.25) is 4.79 Å². The van der Waals surface area contributed by atoms with Crippen molar-refractivity contribution >= 4 is 5.91 Å². The molecule has 0 spiro atoms. The standard InChI is InChI=1S/C13H21N3O2/c1-3-6-16-7-4-11(5-8-16)14-13(17)12-9-10(2)15-18-12/h9,11H,3-8H2,1-2H3,(H,14,17). The van der Waals surface area contributed by atoms with Gasteiger partial charge >= 0.3 is 0 Å². The van der Waals surface area contributed by atoms with Crippen molar-refractivity contribution in [3.05, 3.63) is 17.5 Å². The summed E-state index contributed by atoms with van der Waals surface area (Å²) in [5.74, 6) is 0.160. The molecule has 0 aromatic carbocycles. The molecule has 1 aromatic rings. The molecular weight excluding hydrogens is 230 g/mol. The van der Waals surface area contributed by atoms with E-state index in [1.165, 1.54) is 6.42 Å². The van der Waals surface area contributed by atoms with Gasteiger partial charge in [0.1, 0.15) is 0 Å². The summed E-state index contributed by atoms with van der Waals surface area (Å²) in [5.41, 5.74) is 0.734. The number of amides is 1. The van der Waals surface area contributed by atoms with Crippen LogP contribution in [0.25, 0.3) is 0 Å². The van der Waals surface area contributed by atoms with Crippen LogP contribution in [0.1, 0.15) is 42.4 Å². The van der Waals surface area contributed by atoms with Crippen molar-refractivity contribution in [2.24, 2.45) is 0 Å². The van der Waals surface area contributed by atoms with Gasteiger partial charge in [-0.25, -0.2) is 0 Å². The minimum Gasteiger partial charge on any atom is -0.351 e. The van der Waals surface area contributed by atoms with Crippen LogP contribution in [-0.2, 0) is 0 Å². The third-order valence-electron chi connectivity index (χ3n) is 3.31. The largest absolute Gasteiger partial charge is 0.351 e. The second-order valence-electron chi connectivity index (χ2n) is 4.92. The summed E-state index contributed by atoms with van der Waals surface area (Å²) in [7, 11) is 0. The smallest absolute Gasteiger partial charge is 0.290 e. The van der Waals surface area contributed by atoms with Gasteiger partial charge in [0, 0.05) is 25.2 Å². The van der Waals surface area contributed by atoms with Crippen LogP contribution in [0.15, 0.2) is 10.6 Å². The lowest BCUT2D eigenvalue weighted by Gasteiger charge is -2.31. The van der Waals surface area contributed by atoms with Crippen molar-refractivity contribution in [3.8, 4) is 0 Å². The van der Waals surface area contributed by atoms with Crippen LogP contribution in [0.2, 0.25) is 0 Å². The monoisotopic (exact) mass is 251 g/mol. The van der Waals surface area contributed by atoms with Crippen molar-refractivity contribution in [2.45, 2.75) is 39.2 Å². The van der Waals surface area contributed by atoms with Gasteiger partial charge in [-0.15, -0.1) is 0 Å². The molecule has 0 atom stereocenters. The lowest BCUT2D eigenvalue weighted by molar-refractivity contribution is 0.0874. The molecule has 5 nitrogen and oxygen atoms in total. The maximum absolute atomic E-state index is 11.9. The molecule has 0 aliphatic carbocycles. The molecule has 100 valence electrons. The van der Waals surface area contributed by atoms with E-state index in [1.807, 2.05) is 6.92 Å². The molecule has 0 bridgehead atoms. The first-order valence-corrected chi connectivity index (χ1v) is 6.65. The number of piperidine rings is 1. The van der Waals surface area contributed by atoms with E-state index in [1.54, 1.807) is 6.07 Å². The van der Waals surface area contributed by atoms with E-state index >= 15 is 0 Å². The van der Waals surface area contributed by atoms with E-state index in [-0.39, 0.29) is 11.9 Å². The molecule has 0 unspecified atom stereocenters. The molecule has 1 saturated heterocycles. The maximum atomic E-state index is 11.9. The average molecular weight is 251 g/mol. The van der Waals surface area contributed by atoms with Gasteiger partial charge in [0.05, 0.1) is 5.69 Å². The zero-order valence-electron chi connectivity index (χ0n) is 11.1. The summed E-state index contributed by atoms with van der Waals surface area (Å²) < 4.78 is 4.95. The van der Waals surface area contributed by atoms with Crippen molar-refractivity contribution in [1.29, 1.82) is 0 Å². The molecule has 1 aliphatic rings. The summed E-state index contributed by atoms with van der Waals surface area (Å²) in [6, 6.07) is 1.93. The van der Waals surface area contributed by atoms with Crippen molar-refractivity contribution in [3.63, 3.8) is 0 Å². The number of likely N-dealkylation sites (tertiary alicyclic amines) is 1. The van der Waals surface area contributed by atoms with Crippen LogP contribution in [0.5, 0.6) is 0 Å². The Balaban J connectivity index is 1.79. The highest BCUT2D eigenvalue weighted by molar-refractivity contribution is 5.91. The SMILES string of the molecule is CCCN1CCC(NC(=O)c2cc(C)no2)CC1. The fraction of sp³-hybridized carbons (Fsp3) is 0.692. The van der Waals surface area contributed by atoms with Gasteiger partial charge in [-0.1, -0.05) is 12.1 Å². The molecule has 0 radical (unpaired) electrons. The Morgan fingerprint density at radius 2 is 2.28 bits per heavy atom. The minimum atomic E-state index is -0.149. The molecule has 1 N–H and O–H groups in total. The molecule has 1 amide bonds. The summed E-state index contributed by atoms with van der Waals surface area (Å²) in [5, 5.41) is 6.73. The zero-order valence-corrected chi connectivity index (χ0v) is 11.1. The molecule has 1 aliphatic heterocycles. The Morgan fingerprint density at radius 1 is 1.56 bits per heavy atom. The number of aromatic nitrogens is 1. The zero-order chi connectivity index (χ0) is 13.0. The summed E-state index contributed by atoms with van der Waals surface area (Å²) in [6.07, 6.45) is 3.21. The number of hydrogen-bond acceptors (Lipinski definition) is 4. The number of carbonyl (C=O) groups is 1. The third kappa shape index (κ3) is 3.32. The number of nitrogens with one attached hydrogen (secondary N) is 1. The number of rotatable bonds is 4. The molecule has 2 rings (SSSR count). The maximum Gasteiger partial charge on any atom is 0.290 e. The van der Waals surface area contributed by atoms with E-state index in [0.29, 0.717) is 5.76 Å². The van der Waals surface area contributed by atoms with Gasteiger partial charge in [0.15, 0.2) is 0 Å². The van der Waals surface area contributed by atoms with Crippen LogP contribution in [0.3, 0.4) is 0 Å². The van der Waals surface area contributed by atoms with E-state index in [2.05, 4.69) is 22.3 Å². The Kier molecular flexibility index (Phi) is 4.36. The first-order chi connectivity index (χ1) is 8.69. The Labute approximate surface area is 108 Å². The highest BCUT2D eigenvalue weighted by atomic mass is 16.5. The quantitative estimate of drug-likeness (QED) is 0.882. The summed E-state index contributed by atoms with van der Waals surface area (Å²) >= 11 is 0. The number of nitrogens with zero attached hydrogens (tertiary/aromatic N) is 2. The van der Waals surface area contributed by atoms with Crippen molar-refractivity contribution in [1.82, 2.24) is 15.4 Å². The van der Waals surface area contributed by atoms with E-state index in [9.17, 15) is 4.79 Å². The van der Waals surface area contributed by atoms with Crippen LogP contribution >= 0.6 is 0 Å². The summed E-state index contributed by atoms with van der Waals surface area (Å²) in [6.45, 7) is 7.29. The second kappa shape index (κ2) is 6.00. The number of carbonyl (C=O) groups excluding carboxylic acids is 1. The fourth-order valence-corrected chi connectivity index (χ4v) is 2.34. The number of hydrogen-bond donors (Lipinski definition) is 1. The highest BCUT2D eigenvalue weighted by Gasteiger charge is 2.21. The number of aryl methyl sites for hydroxylation is 1. The van der Waals surface area contributed by atoms with Crippen LogP contribution in [-0.4, -0.2) is 41.6 Å². The molecule has 0 saturated carbocycles. The van der Waals surface area contributed by atoms with Crippen molar-refractivity contribution in [2.75, 3.05) is 19.6 Å². The van der Waals surface area contributed by atoms with Gasteiger partial charge in [0.25, 0.3) is 5.91 Å². The van der Waals surface area contributed by atoms with Crippen LogP contribution in [0, 0.1) is 6.92 Å². The third-order valence-corrected chi connectivity index (χ3v) is 3.31. The highest BCUT2D eigenvalue weighted by Crippen LogP contribution is 2.11. The van der Waals surface area contributed by atoms with Gasteiger partial charge in [-0.2, -0.15) is 0 Å². The van der Waals surface area contributed by atoms with Crippen LogP contribution < -0.4 is 5.32 Å². The Morgan fingerprint density at radius 3 is 2.83 bits per heavy atom. The molecular formula is C13H21N3O2. The predicted octanol–water partition coefficient (Wildman–Crippen LogP) is 1.59. The second-order valence-corrected chi connectivity index (χ2v) is 4.92. The van der Waals surface area contributed by atoms with Gasteiger partial charge < -0.3 is 14.7 Å². The van der Waals surface area contributed by atoms with E-state index in [0.717, 1.165) is 38.2 Å². The molecule has 1 fully saturated rings. The van der Waals surface area contributed by atoms with Crippen LogP contribution in [0.4, 0.5) is 0 Å². The molecule has 2 heterocycles. The summed E-state index contributed by atoms with van der Waals surface area (Å²) in [4.78, 5) is 14.3. The lowest BCUT2D eigenvalue weighted by atomic mass is 10.0. The minimum absolute atomic E-state index is 0.149. The van der Waals surface area contributed by atoms with Crippen molar-refractivity contribution < 1.29 is 9.32 Å². The Hall–Kier alpha value is -1.36. The normalized spacial score (nSPS) is 17.9. The molecule has 18 heavy (non-hydrogen) atoms. The average Bonchev–Trinajstić information content (AvgIpc) is 2.79. The molecule has 5 heteroatoms. The first kappa shape index (κ1) is 13.1. The molecule has 1 aromatic heterocycles. The van der Waals surface area contributed by atoms with Gasteiger partial charge in [-0.05, 0) is 32.7 Å². The first-order valence-electron chi connectivity index (χ1n) is 6.65. The lowest BCUT2D eigenvalue weighted by Crippen LogP contribution is -2.44. The van der Waals surface area contributed by atoms with E-state index in [4.69, 9.17) is 4.52 Å². The predicted molar refractivity (Wildman–Crippen MR) is 68.5 cm³/mol. The topological polar surface area (TPSA) is 58.4 Å². The fourth-order valence-electron chi connectivity index (χ4n) is 2.34. The Bertz CT molecular complexity index is 395. The van der Waals surface area contributed by atoms with E-state index < -0.39 is 0 Å².